The number of esters is 2. The molecule has 0 aliphatic heterocycles. The molecule has 2 heterocycles. The van der Waals surface area contributed by atoms with Crippen molar-refractivity contribution in [1.29, 1.82) is 0 Å². The van der Waals surface area contributed by atoms with Crippen LogP contribution in [0.4, 0.5) is 0 Å². The Balaban J connectivity index is 1.31. The average molecular weight is 737 g/mol. The molecule has 0 bridgehead atoms. The van der Waals surface area contributed by atoms with Gasteiger partial charge in [-0.05, 0) is 72.8 Å². The molecule has 0 spiro atoms. The minimum absolute atomic E-state index is 0.0553. The number of aromatic carboxylic acids is 2. The maximum absolute atomic E-state index is 14.2. The number of aromatic nitrogens is 2. The van der Waals surface area contributed by atoms with E-state index in [1.54, 1.807) is 97.1 Å². The lowest BCUT2D eigenvalue weighted by atomic mass is 9.98. The van der Waals surface area contributed by atoms with E-state index in [9.17, 15) is 29.4 Å². The standard InChI is InChI=1S/C42H28N2O11/c1-51-23-13-15-29-25(17-23)33-35(39(45)46)27(19-31(37(33)43-29)53-21-9-5-3-6-10-21)41(49)55-42(50)28-20-32(54-22-11-7-4-8-12-22)38-34(36(28)40(47)48)26-18-24(52-2)14-16-30(26)44-38/h3-20,43-44H,1-2H3,(H,45,46)(H,47,48). The number of aromatic amines is 2. The fourth-order valence-electron chi connectivity index (χ4n) is 6.66. The fourth-order valence-corrected chi connectivity index (χ4v) is 6.66. The Bertz CT molecular complexity index is 2660. The van der Waals surface area contributed by atoms with E-state index in [0.29, 0.717) is 44.8 Å². The van der Waals surface area contributed by atoms with Crippen LogP contribution in [0.1, 0.15) is 41.4 Å². The summed E-state index contributed by atoms with van der Waals surface area (Å²) in [6, 6.07) is 29.5. The van der Waals surface area contributed by atoms with Crippen molar-refractivity contribution < 1.29 is 53.1 Å². The zero-order valence-corrected chi connectivity index (χ0v) is 29.0. The molecule has 0 aliphatic carbocycles. The van der Waals surface area contributed by atoms with Crippen LogP contribution in [0.2, 0.25) is 0 Å². The molecular formula is C42H28N2O11. The molecule has 0 aliphatic rings. The predicted octanol–water partition coefficient (Wildman–Crippen LogP) is 8.95. The van der Waals surface area contributed by atoms with Crippen LogP contribution in [0.3, 0.4) is 0 Å². The third kappa shape index (κ3) is 6.04. The minimum Gasteiger partial charge on any atom is -0.497 e. The molecule has 272 valence electrons. The molecule has 6 aromatic carbocycles. The van der Waals surface area contributed by atoms with Gasteiger partial charge in [-0.25, -0.2) is 19.2 Å². The number of para-hydroxylation sites is 2. The van der Waals surface area contributed by atoms with Crippen molar-refractivity contribution in [2.75, 3.05) is 14.2 Å². The number of carbonyl (C=O) groups excluding carboxylic acids is 2. The van der Waals surface area contributed by atoms with Crippen molar-refractivity contribution >= 4 is 67.5 Å². The van der Waals surface area contributed by atoms with E-state index in [4.69, 9.17) is 23.7 Å². The first-order chi connectivity index (χ1) is 26.6. The second-order valence-corrected chi connectivity index (χ2v) is 12.3. The monoisotopic (exact) mass is 736 g/mol. The molecule has 55 heavy (non-hydrogen) atoms. The number of carboxylic acids is 2. The van der Waals surface area contributed by atoms with Gasteiger partial charge in [-0.15, -0.1) is 0 Å². The maximum atomic E-state index is 14.2. The first kappa shape index (κ1) is 34.3. The smallest absolute Gasteiger partial charge is 0.347 e. The van der Waals surface area contributed by atoms with E-state index in [1.807, 2.05) is 0 Å². The van der Waals surface area contributed by atoms with Gasteiger partial charge in [0.05, 0.1) is 47.5 Å². The van der Waals surface area contributed by atoms with E-state index >= 15 is 0 Å². The molecule has 4 N–H and O–H groups in total. The van der Waals surface area contributed by atoms with Crippen molar-refractivity contribution in [1.82, 2.24) is 9.97 Å². The predicted molar refractivity (Wildman–Crippen MR) is 201 cm³/mol. The van der Waals surface area contributed by atoms with Crippen LogP contribution in [0.25, 0.3) is 43.6 Å². The van der Waals surface area contributed by atoms with E-state index < -0.39 is 46.1 Å². The van der Waals surface area contributed by atoms with Gasteiger partial charge in [0.25, 0.3) is 0 Å². The Morgan fingerprint density at radius 1 is 0.509 bits per heavy atom. The van der Waals surface area contributed by atoms with Gasteiger partial charge in [-0.2, -0.15) is 0 Å². The molecule has 2 aromatic heterocycles. The highest BCUT2D eigenvalue weighted by Gasteiger charge is 2.32. The van der Waals surface area contributed by atoms with Gasteiger partial charge in [0.1, 0.15) is 23.0 Å². The van der Waals surface area contributed by atoms with Gasteiger partial charge in [-0.1, -0.05) is 36.4 Å². The molecule has 0 unspecified atom stereocenters. The van der Waals surface area contributed by atoms with Gasteiger partial charge in [-0.3, -0.25) is 0 Å². The van der Waals surface area contributed by atoms with E-state index in [-0.39, 0.29) is 33.3 Å². The average Bonchev–Trinajstić information content (AvgIpc) is 3.77. The zero-order chi connectivity index (χ0) is 38.4. The first-order valence-electron chi connectivity index (χ1n) is 16.7. The number of nitrogens with one attached hydrogen (secondary N) is 2. The first-order valence-corrected chi connectivity index (χ1v) is 16.7. The quantitative estimate of drug-likeness (QED) is 0.0775. The normalized spacial score (nSPS) is 11.2. The van der Waals surface area contributed by atoms with Gasteiger partial charge >= 0.3 is 23.9 Å². The van der Waals surface area contributed by atoms with E-state index in [2.05, 4.69) is 9.97 Å². The van der Waals surface area contributed by atoms with E-state index in [0.717, 1.165) is 12.1 Å². The summed E-state index contributed by atoms with van der Waals surface area (Å²) in [5.74, 6) is -4.06. The molecule has 0 fully saturated rings. The number of hydrogen-bond acceptors (Lipinski definition) is 9. The Hall–Kier alpha value is -7.80. The summed E-state index contributed by atoms with van der Waals surface area (Å²) in [5.41, 5.74) is -0.502. The van der Waals surface area contributed by atoms with Crippen molar-refractivity contribution in [3.63, 3.8) is 0 Å². The van der Waals surface area contributed by atoms with Crippen LogP contribution in [0.5, 0.6) is 34.5 Å². The molecule has 0 atom stereocenters. The summed E-state index contributed by atoms with van der Waals surface area (Å²) in [6.45, 7) is 0. The summed E-state index contributed by atoms with van der Waals surface area (Å²) < 4.78 is 28.5. The SMILES string of the molecule is COc1ccc2[nH]c3c(Oc4ccccc4)cc(C(=O)OC(=O)c4cc(Oc5ccccc5)c5[nH]c6ccc(OC)cc6c5c4C(=O)O)c(C(=O)O)c3c2c1. The number of methoxy groups -OCH3 is 2. The van der Waals surface area contributed by atoms with E-state index in [1.165, 1.54) is 14.2 Å². The molecule has 0 radical (unpaired) electrons. The second-order valence-electron chi connectivity index (χ2n) is 12.3. The zero-order valence-electron chi connectivity index (χ0n) is 29.0. The largest absolute Gasteiger partial charge is 0.497 e. The highest BCUT2D eigenvalue weighted by Crippen LogP contribution is 2.42. The number of ether oxygens (including phenoxy) is 5. The summed E-state index contributed by atoms with van der Waals surface area (Å²) in [4.78, 5) is 60.7. The van der Waals surface area contributed by atoms with Crippen LogP contribution in [0, 0.1) is 0 Å². The lowest BCUT2D eigenvalue weighted by Crippen LogP contribution is -2.19. The Labute approximate surface area is 310 Å². The van der Waals surface area contributed by atoms with Crippen molar-refractivity contribution in [3.05, 3.63) is 131 Å². The maximum Gasteiger partial charge on any atom is 0.347 e. The van der Waals surface area contributed by atoms with Crippen LogP contribution >= 0.6 is 0 Å². The van der Waals surface area contributed by atoms with Crippen LogP contribution in [-0.2, 0) is 4.74 Å². The Morgan fingerprint density at radius 3 is 1.27 bits per heavy atom. The summed E-state index contributed by atoms with van der Waals surface area (Å²) in [6.07, 6.45) is 0. The topological polar surface area (TPSA) is 186 Å². The summed E-state index contributed by atoms with van der Waals surface area (Å²) in [7, 11) is 2.91. The molecule has 8 rings (SSSR count). The molecular weight excluding hydrogens is 708 g/mol. The third-order valence-corrected chi connectivity index (χ3v) is 9.09. The number of fused-ring (bicyclic) bond motifs is 6. The summed E-state index contributed by atoms with van der Waals surface area (Å²) >= 11 is 0. The van der Waals surface area contributed by atoms with Crippen LogP contribution < -0.4 is 18.9 Å². The lowest BCUT2D eigenvalue weighted by molar-refractivity contribution is 0.0386. The highest BCUT2D eigenvalue weighted by atomic mass is 16.6. The molecule has 8 aromatic rings. The van der Waals surface area contributed by atoms with Gasteiger partial charge < -0.3 is 43.9 Å². The van der Waals surface area contributed by atoms with Crippen LogP contribution in [0.15, 0.2) is 109 Å². The van der Waals surface area contributed by atoms with Crippen molar-refractivity contribution in [2.45, 2.75) is 0 Å². The number of carboxylic acid groups (broad SMARTS) is 2. The molecule has 0 saturated heterocycles. The molecule has 0 amide bonds. The fraction of sp³-hybridized carbons (Fsp3) is 0.0476. The van der Waals surface area contributed by atoms with Gasteiger partial charge in [0.15, 0.2) is 11.5 Å². The van der Waals surface area contributed by atoms with Crippen molar-refractivity contribution in [3.8, 4) is 34.5 Å². The van der Waals surface area contributed by atoms with Gasteiger partial charge in [0.2, 0.25) is 0 Å². The number of carbonyl (C=O) groups is 4. The number of H-pyrrole nitrogens is 2. The van der Waals surface area contributed by atoms with Crippen LogP contribution in [-0.4, -0.2) is 58.3 Å². The Morgan fingerprint density at radius 2 is 0.909 bits per heavy atom. The second kappa shape index (κ2) is 13.6. The highest BCUT2D eigenvalue weighted by molar-refractivity contribution is 6.25. The molecule has 13 nitrogen and oxygen atoms in total. The van der Waals surface area contributed by atoms with Gasteiger partial charge in [0, 0.05) is 32.6 Å². The third-order valence-electron chi connectivity index (χ3n) is 9.09. The molecule has 0 saturated carbocycles. The van der Waals surface area contributed by atoms with Crippen molar-refractivity contribution in [2.24, 2.45) is 0 Å². The summed E-state index contributed by atoms with van der Waals surface area (Å²) in [5, 5.41) is 22.1. The minimum atomic E-state index is -1.50. The Kier molecular flexibility index (Phi) is 8.50. The number of hydrogen-bond donors (Lipinski definition) is 4. The number of benzene rings is 6. The lowest BCUT2D eigenvalue weighted by Gasteiger charge is -2.14. The number of rotatable bonds is 10. The molecule has 13 heteroatoms.